The van der Waals surface area contributed by atoms with Gasteiger partial charge in [-0.3, -0.25) is 4.79 Å². The summed E-state index contributed by atoms with van der Waals surface area (Å²) in [6, 6.07) is 26.0. The number of anilines is 2. The summed E-state index contributed by atoms with van der Waals surface area (Å²) in [5.74, 6) is -0.0468. The third kappa shape index (κ3) is 4.05. The predicted molar refractivity (Wildman–Crippen MR) is 138 cm³/mol. The minimum Gasteiger partial charge on any atom is -0.292 e. The first kappa shape index (κ1) is 21.7. The van der Waals surface area contributed by atoms with E-state index in [1.54, 1.807) is 6.92 Å². The Morgan fingerprint density at radius 1 is 0.909 bits per heavy atom. The van der Waals surface area contributed by atoms with E-state index < -0.39 is 4.99 Å². The fourth-order valence-corrected chi connectivity index (χ4v) is 5.45. The monoisotopic (exact) mass is 474 g/mol. The van der Waals surface area contributed by atoms with E-state index in [1.165, 1.54) is 17.3 Å². The Labute approximate surface area is 202 Å². The molecule has 166 valence electrons. The minimum atomic E-state index is -0.687. The van der Waals surface area contributed by atoms with E-state index in [2.05, 4.69) is 19.1 Å². The molecule has 33 heavy (non-hydrogen) atoms. The third-order valence-corrected chi connectivity index (χ3v) is 7.47. The number of hydrazone groups is 2. The van der Waals surface area contributed by atoms with Crippen molar-refractivity contribution in [2.45, 2.75) is 31.7 Å². The quantitative estimate of drug-likeness (QED) is 0.435. The van der Waals surface area contributed by atoms with Crippen LogP contribution in [0.4, 0.5) is 11.4 Å². The molecule has 5 nitrogen and oxygen atoms in total. The number of para-hydroxylation sites is 1. The second kappa shape index (κ2) is 8.69. The van der Waals surface area contributed by atoms with Crippen molar-refractivity contribution in [3.63, 3.8) is 0 Å². The summed E-state index contributed by atoms with van der Waals surface area (Å²) >= 11 is 7.59. The van der Waals surface area contributed by atoms with Gasteiger partial charge in [0.1, 0.15) is 0 Å². The zero-order chi connectivity index (χ0) is 23.0. The standard InChI is InChI=1S/C26H23ClN4OS/c1-18-8-14-23(15-9-18)31-26(33-25(29-31)19(2)32)17-16-24(20-10-12-21(27)13-11-20)28-30(26)22-6-4-3-5-7-22/h3-15H,16-17H2,1-2H3. The topological polar surface area (TPSA) is 48.3 Å². The number of hydrogen-bond acceptors (Lipinski definition) is 6. The molecular formula is C26H23ClN4OS. The minimum absolute atomic E-state index is 0.0468. The van der Waals surface area contributed by atoms with E-state index in [0.29, 0.717) is 10.1 Å². The average Bonchev–Trinajstić information content (AvgIpc) is 3.21. The van der Waals surface area contributed by atoms with Crippen LogP contribution in [0.3, 0.4) is 0 Å². The highest BCUT2D eigenvalue weighted by atomic mass is 35.5. The first-order valence-corrected chi connectivity index (χ1v) is 12.0. The van der Waals surface area contributed by atoms with Crippen molar-refractivity contribution in [2.24, 2.45) is 10.2 Å². The number of hydrogen-bond donors (Lipinski definition) is 0. The number of halogens is 1. The smallest absolute Gasteiger partial charge is 0.208 e. The van der Waals surface area contributed by atoms with E-state index >= 15 is 0 Å². The van der Waals surface area contributed by atoms with Crippen LogP contribution in [0.15, 0.2) is 89.1 Å². The van der Waals surface area contributed by atoms with Gasteiger partial charge in [-0.1, -0.05) is 59.6 Å². The fourth-order valence-electron chi connectivity index (χ4n) is 4.07. The molecule has 0 bridgehead atoms. The molecule has 1 unspecified atom stereocenters. The van der Waals surface area contributed by atoms with E-state index in [4.69, 9.17) is 21.8 Å². The Morgan fingerprint density at radius 3 is 2.21 bits per heavy atom. The Kier molecular flexibility index (Phi) is 5.72. The molecule has 0 radical (unpaired) electrons. The lowest BCUT2D eigenvalue weighted by Gasteiger charge is -2.46. The second-order valence-corrected chi connectivity index (χ2v) is 9.84. The van der Waals surface area contributed by atoms with Gasteiger partial charge in [-0.2, -0.15) is 10.2 Å². The van der Waals surface area contributed by atoms with E-state index in [9.17, 15) is 4.79 Å². The van der Waals surface area contributed by atoms with Crippen LogP contribution in [0.5, 0.6) is 0 Å². The first-order valence-electron chi connectivity index (χ1n) is 10.8. The van der Waals surface area contributed by atoms with Crippen LogP contribution in [0, 0.1) is 6.92 Å². The highest BCUT2D eigenvalue weighted by Crippen LogP contribution is 2.50. The lowest BCUT2D eigenvalue weighted by molar-refractivity contribution is -0.110. The number of rotatable bonds is 4. The maximum Gasteiger partial charge on any atom is 0.208 e. The third-order valence-electron chi connectivity index (χ3n) is 5.78. The number of thioether (sulfide) groups is 1. The summed E-state index contributed by atoms with van der Waals surface area (Å²) in [6.07, 6.45) is 1.46. The van der Waals surface area contributed by atoms with Crippen LogP contribution in [0.1, 0.15) is 30.9 Å². The molecule has 0 aromatic heterocycles. The van der Waals surface area contributed by atoms with Crippen LogP contribution >= 0.6 is 23.4 Å². The molecular weight excluding hydrogens is 452 g/mol. The number of carbonyl (C=O) groups excluding carboxylic acids is 1. The summed E-state index contributed by atoms with van der Waals surface area (Å²) in [5.41, 5.74) is 5.04. The Morgan fingerprint density at radius 2 is 1.55 bits per heavy atom. The van der Waals surface area contributed by atoms with Gasteiger partial charge in [0.25, 0.3) is 0 Å². The molecule has 2 aliphatic rings. The summed E-state index contributed by atoms with van der Waals surface area (Å²) in [4.78, 5) is 11.7. The average molecular weight is 475 g/mol. The molecule has 5 rings (SSSR count). The largest absolute Gasteiger partial charge is 0.292 e. The number of carbonyl (C=O) groups is 1. The van der Waals surface area contributed by atoms with Crippen molar-refractivity contribution in [2.75, 3.05) is 10.0 Å². The molecule has 0 aliphatic carbocycles. The van der Waals surface area contributed by atoms with Gasteiger partial charge >= 0.3 is 0 Å². The summed E-state index contributed by atoms with van der Waals surface area (Å²) in [5, 5.41) is 15.1. The van der Waals surface area contributed by atoms with Crippen molar-refractivity contribution in [3.05, 3.63) is 95.0 Å². The van der Waals surface area contributed by atoms with Gasteiger partial charge in [-0.15, -0.1) is 0 Å². The van der Waals surface area contributed by atoms with Crippen molar-refractivity contribution < 1.29 is 4.79 Å². The molecule has 2 aliphatic heterocycles. The molecule has 0 saturated heterocycles. The predicted octanol–water partition coefficient (Wildman–Crippen LogP) is 6.46. The van der Waals surface area contributed by atoms with Gasteiger partial charge in [0, 0.05) is 18.4 Å². The molecule has 0 fully saturated rings. The number of nitrogens with zero attached hydrogens (tertiary/aromatic N) is 4. The zero-order valence-electron chi connectivity index (χ0n) is 18.4. The van der Waals surface area contributed by atoms with Crippen LogP contribution < -0.4 is 10.0 Å². The van der Waals surface area contributed by atoms with Crippen molar-refractivity contribution in [3.8, 4) is 0 Å². The number of ketones is 1. The van der Waals surface area contributed by atoms with Crippen LogP contribution in [0.2, 0.25) is 5.02 Å². The second-order valence-electron chi connectivity index (χ2n) is 8.15. The lowest BCUT2D eigenvalue weighted by Crippen LogP contribution is -2.56. The van der Waals surface area contributed by atoms with Crippen molar-refractivity contribution in [1.29, 1.82) is 0 Å². The molecule has 7 heteroatoms. The van der Waals surface area contributed by atoms with E-state index in [-0.39, 0.29) is 5.78 Å². The normalized spacial score (nSPS) is 20.1. The van der Waals surface area contributed by atoms with Gasteiger partial charge in [0.15, 0.2) is 10.8 Å². The molecule has 2 heterocycles. The van der Waals surface area contributed by atoms with Crippen LogP contribution in [-0.4, -0.2) is 21.5 Å². The molecule has 1 atom stereocenters. The van der Waals surface area contributed by atoms with Crippen LogP contribution in [-0.2, 0) is 4.79 Å². The van der Waals surface area contributed by atoms with Gasteiger partial charge in [0.05, 0.1) is 17.1 Å². The number of aryl methyl sites for hydroxylation is 1. The zero-order valence-corrected chi connectivity index (χ0v) is 20.0. The molecule has 3 aromatic rings. The van der Waals surface area contributed by atoms with Gasteiger partial charge in [-0.25, -0.2) is 10.0 Å². The van der Waals surface area contributed by atoms with Gasteiger partial charge in [-0.05, 0) is 67.1 Å². The first-order chi connectivity index (χ1) is 16.0. The van der Waals surface area contributed by atoms with Gasteiger partial charge in [0.2, 0.25) is 4.99 Å². The maximum atomic E-state index is 12.4. The fraction of sp³-hybridized carbons (Fsp3) is 0.192. The summed E-state index contributed by atoms with van der Waals surface area (Å²) in [7, 11) is 0. The number of Topliss-reactive ketones (excluding diaryl/α,β-unsaturated/α-hetero) is 1. The van der Waals surface area contributed by atoms with Crippen molar-refractivity contribution >= 4 is 51.3 Å². The molecule has 1 spiro atoms. The van der Waals surface area contributed by atoms with Crippen molar-refractivity contribution in [1.82, 2.24) is 0 Å². The molecule has 0 amide bonds. The SMILES string of the molecule is CC(=O)C1=NN(c2ccc(C)cc2)C2(CCC(c3ccc(Cl)cc3)=NN2c2ccccc2)S1. The van der Waals surface area contributed by atoms with E-state index in [0.717, 1.165) is 35.5 Å². The summed E-state index contributed by atoms with van der Waals surface area (Å²) < 4.78 is 0. The summed E-state index contributed by atoms with van der Waals surface area (Å²) in [6.45, 7) is 3.62. The Bertz CT molecular complexity index is 1240. The number of benzene rings is 3. The Hall–Kier alpha value is -3.09. The lowest BCUT2D eigenvalue weighted by atomic mass is 10.0. The maximum absolute atomic E-state index is 12.4. The van der Waals surface area contributed by atoms with Gasteiger partial charge < -0.3 is 0 Å². The Balaban J connectivity index is 1.66. The van der Waals surface area contributed by atoms with E-state index in [1.807, 2.05) is 76.7 Å². The highest BCUT2D eigenvalue weighted by Gasteiger charge is 2.52. The highest BCUT2D eigenvalue weighted by molar-refractivity contribution is 8.17. The molecule has 3 aromatic carbocycles. The molecule has 0 saturated carbocycles. The molecule has 0 N–H and O–H groups in total. The van der Waals surface area contributed by atoms with Crippen LogP contribution in [0.25, 0.3) is 0 Å².